The van der Waals surface area contributed by atoms with Crippen LogP contribution >= 0.6 is 0 Å². The Bertz CT molecular complexity index is 1110. The molecule has 2 heterocycles. The highest BCUT2D eigenvalue weighted by atomic mass is 16.5. The highest BCUT2D eigenvalue weighted by Gasteiger charge is 2.16. The summed E-state index contributed by atoms with van der Waals surface area (Å²) in [6.07, 6.45) is 0.854. The van der Waals surface area contributed by atoms with Crippen LogP contribution in [0, 0.1) is 27.7 Å². The van der Waals surface area contributed by atoms with E-state index < -0.39 is 0 Å². The Hall–Kier alpha value is -3.42. The fourth-order valence-corrected chi connectivity index (χ4v) is 3.24. The summed E-state index contributed by atoms with van der Waals surface area (Å²) in [6.45, 7) is 9.86. The van der Waals surface area contributed by atoms with Gasteiger partial charge in [0.1, 0.15) is 5.75 Å². The number of amides is 1. The molecule has 0 saturated carbocycles. The van der Waals surface area contributed by atoms with Gasteiger partial charge in [0.25, 0.3) is 5.56 Å². The van der Waals surface area contributed by atoms with E-state index in [1.807, 2.05) is 45.0 Å². The predicted molar refractivity (Wildman–Crippen MR) is 115 cm³/mol. The zero-order chi connectivity index (χ0) is 21.8. The van der Waals surface area contributed by atoms with E-state index in [1.165, 1.54) is 0 Å². The first-order valence-electron chi connectivity index (χ1n) is 9.95. The fourth-order valence-electron chi connectivity index (χ4n) is 3.24. The first-order valence-corrected chi connectivity index (χ1v) is 9.95. The minimum absolute atomic E-state index is 0.0802. The minimum atomic E-state index is -0.179. The van der Waals surface area contributed by atoms with Gasteiger partial charge in [-0.05, 0) is 70.9 Å². The molecular formula is C22H27N5O3. The van der Waals surface area contributed by atoms with Crippen molar-refractivity contribution in [3.05, 3.63) is 62.8 Å². The maximum atomic E-state index is 12.4. The van der Waals surface area contributed by atoms with Crippen molar-refractivity contribution < 1.29 is 9.53 Å². The smallest absolute Gasteiger partial charge is 0.255 e. The topological polar surface area (TPSA) is 102 Å². The lowest BCUT2D eigenvalue weighted by Crippen LogP contribution is -2.18. The molecule has 1 amide bonds. The van der Waals surface area contributed by atoms with Crippen LogP contribution < -0.4 is 15.6 Å². The lowest BCUT2D eigenvalue weighted by molar-refractivity contribution is -0.116. The molecule has 8 nitrogen and oxygen atoms in total. The third-order valence-electron chi connectivity index (χ3n) is 5.08. The molecule has 0 aliphatic heterocycles. The van der Waals surface area contributed by atoms with Crippen LogP contribution in [-0.2, 0) is 11.2 Å². The Morgan fingerprint density at radius 1 is 1.13 bits per heavy atom. The predicted octanol–water partition coefficient (Wildman–Crippen LogP) is 3.16. The molecule has 0 atom stereocenters. The van der Waals surface area contributed by atoms with Gasteiger partial charge in [-0.1, -0.05) is 0 Å². The largest absolute Gasteiger partial charge is 0.494 e. The number of anilines is 1. The minimum Gasteiger partial charge on any atom is -0.494 e. The molecule has 1 aromatic carbocycles. The van der Waals surface area contributed by atoms with E-state index in [9.17, 15) is 9.59 Å². The average molecular weight is 409 g/mol. The van der Waals surface area contributed by atoms with Crippen LogP contribution in [0.1, 0.15) is 41.6 Å². The monoisotopic (exact) mass is 409 g/mol. The summed E-state index contributed by atoms with van der Waals surface area (Å²) >= 11 is 0. The van der Waals surface area contributed by atoms with Gasteiger partial charge in [0, 0.05) is 29.1 Å². The number of nitrogens with zero attached hydrogens (tertiary/aromatic N) is 3. The van der Waals surface area contributed by atoms with Crippen molar-refractivity contribution in [3.8, 4) is 11.7 Å². The Morgan fingerprint density at radius 2 is 1.83 bits per heavy atom. The summed E-state index contributed by atoms with van der Waals surface area (Å²) in [5.74, 6) is 1.07. The zero-order valence-corrected chi connectivity index (χ0v) is 18.0. The molecule has 2 aromatic heterocycles. The van der Waals surface area contributed by atoms with Gasteiger partial charge in [-0.15, -0.1) is 0 Å². The molecule has 0 saturated heterocycles. The maximum Gasteiger partial charge on any atom is 0.255 e. The summed E-state index contributed by atoms with van der Waals surface area (Å²) in [5.41, 5.74) is 4.43. The Labute approximate surface area is 175 Å². The second-order valence-corrected chi connectivity index (χ2v) is 7.17. The number of benzene rings is 1. The quantitative estimate of drug-likeness (QED) is 0.624. The van der Waals surface area contributed by atoms with Gasteiger partial charge >= 0.3 is 0 Å². The Balaban J connectivity index is 1.70. The van der Waals surface area contributed by atoms with Gasteiger partial charge in [0.05, 0.1) is 12.3 Å². The molecule has 158 valence electrons. The van der Waals surface area contributed by atoms with E-state index in [-0.39, 0.29) is 11.5 Å². The van der Waals surface area contributed by atoms with Crippen molar-refractivity contribution in [2.75, 3.05) is 11.9 Å². The van der Waals surface area contributed by atoms with Gasteiger partial charge in [0.2, 0.25) is 11.9 Å². The summed E-state index contributed by atoms with van der Waals surface area (Å²) < 4.78 is 7.04. The number of nitrogens with one attached hydrogen (secondary N) is 2. The van der Waals surface area contributed by atoms with E-state index in [1.54, 1.807) is 18.5 Å². The number of aromatic nitrogens is 4. The first-order chi connectivity index (χ1) is 14.3. The number of hydrogen-bond acceptors (Lipinski definition) is 5. The van der Waals surface area contributed by atoms with Crippen molar-refractivity contribution in [1.29, 1.82) is 0 Å². The molecule has 0 bridgehead atoms. The van der Waals surface area contributed by atoms with E-state index in [4.69, 9.17) is 4.74 Å². The number of carbonyl (C=O) groups is 1. The van der Waals surface area contributed by atoms with E-state index in [0.717, 1.165) is 28.4 Å². The molecule has 3 rings (SSSR count). The number of H-pyrrole nitrogens is 1. The van der Waals surface area contributed by atoms with Gasteiger partial charge in [-0.2, -0.15) is 5.10 Å². The number of rotatable bonds is 7. The number of carbonyl (C=O) groups excluding carboxylic acids is 1. The third-order valence-corrected chi connectivity index (χ3v) is 5.08. The average Bonchev–Trinajstić information content (AvgIpc) is 2.99. The van der Waals surface area contributed by atoms with Gasteiger partial charge < -0.3 is 10.1 Å². The zero-order valence-electron chi connectivity index (χ0n) is 18.0. The van der Waals surface area contributed by atoms with Crippen molar-refractivity contribution in [3.63, 3.8) is 0 Å². The van der Waals surface area contributed by atoms with E-state index in [2.05, 4.69) is 20.4 Å². The standard InChI is InChI=1S/C22H27N5O3/c1-6-30-18-9-7-17(8-10-18)24-20(28)12-11-19-15(4)26-27(16(19)5)22-23-14(3)13(2)21(29)25-22/h7-10H,6,11-12H2,1-5H3,(H,24,28)(H,23,25,29). The molecule has 0 unspecified atom stereocenters. The molecule has 0 aliphatic carbocycles. The van der Waals surface area contributed by atoms with E-state index >= 15 is 0 Å². The molecule has 0 radical (unpaired) electrons. The number of hydrogen-bond donors (Lipinski definition) is 2. The second-order valence-electron chi connectivity index (χ2n) is 7.17. The number of aromatic amines is 1. The molecule has 2 N–H and O–H groups in total. The van der Waals surface area contributed by atoms with Crippen LogP contribution in [0.5, 0.6) is 5.75 Å². The fraction of sp³-hybridized carbons (Fsp3) is 0.364. The van der Waals surface area contributed by atoms with Crippen molar-refractivity contribution in [2.24, 2.45) is 0 Å². The van der Waals surface area contributed by atoms with Crippen LogP contribution in [0.3, 0.4) is 0 Å². The molecular weight excluding hydrogens is 382 g/mol. The normalized spacial score (nSPS) is 10.8. The molecule has 0 aliphatic rings. The lowest BCUT2D eigenvalue weighted by atomic mass is 10.1. The first kappa shape index (κ1) is 21.3. The Kier molecular flexibility index (Phi) is 6.34. The van der Waals surface area contributed by atoms with Gasteiger partial charge in [-0.25, -0.2) is 9.67 Å². The highest BCUT2D eigenvalue weighted by molar-refractivity contribution is 5.90. The van der Waals surface area contributed by atoms with E-state index in [0.29, 0.717) is 36.7 Å². The Morgan fingerprint density at radius 3 is 2.47 bits per heavy atom. The summed E-state index contributed by atoms with van der Waals surface area (Å²) in [6, 6.07) is 7.29. The molecule has 3 aromatic rings. The number of ether oxygens (including phenoxy) is 1. The van der Waals surface area contributed by atoms with Crippen LogP contribution in [0.2, 0.25) is 0 Å². The van der Waals surface area contributed by atoms with Crippen molar-refractivity contribution >= 4 is 11.6 Å². The second kappa shape index (κ2) is 8.94. The van der Waals surface area contributed by atoms with Crippen LogP contribution in [0.25, 0.3) is 5.95 Å². The molecule has 0 fully saturated rings. The summed E-state index contributed by atoms with van der Waals surface area (Å²) in [7, 11) is 0. The van der Waals surface area contributed by atoms with Gasteiger partial charge in [0.15, 0.2) is 0 Å². The molecule has 0 spiro atoms. The van der Waals surface area contributed by atoms with Crippen LogP contribution in [0.4, 0.5) is 5.69 Å². The SMILES string of the molecule is CCOc1ccc(NC(=O)CCc2c(C)nn(-c3nc(C)c(C)c(=O)[nH]3)c2C)cc1. The van der Waals surface area contributed by atoms with Crippen LogP contribution in [0.15, 0.2) is 29.1 Å². The highest BCUT2D eigenvalue weighted by Crippen LogP contribution is 2.19. The molecule has 8 heteroatoms. The molecule has 30 heavy (non-hydrogen) atoms. The van der Waals surface area contributed by atoms with Crippen LogP contribution in [-0.4, -0.2) is 32.3 Å². The van der Waals surface area contributed by atoms with Crippen molar-refractivity contribution in [2.45, 2.75) is 47.5 Å². The third kappa shape index (κ3) is 4.59. The lowest BCUT2D eigenvalue weighted by Gasteiger charge is -2.08. The summed E-state index contributed by atoms with van der Waals surface area (Å²) in [4.78, 5) is 31.7. The maximum absolute atomic E-state index is 12.4. The summed E-state index contributed by atoms with van der Waals surface area (Å²) in [5, 5.41) is 7.42. The van der Waals surface area contributed by atoms with Gasteiger partial charge in [-0.3, -0.25) is 14.6 Å². The number of aryl methyl sites for hydroxylation is 2. The van der Waals surface area contributed by atoms with Crippen molar-refractivity contribution in [1.82, 2.24) is 19.7 Å².